The van der Waals surface area contributed by atoms with Crippen LogP contribution in [0.2, 0.25) is 0 Å². The quantitative estimate of drug-likeness (QED) is 0.852. The van der Waals surface area contributed by atoms with Gasteiger partial charge in [0.15, 0.2) is 0 Å². The number of nitrogens with one attached hydrogen (secondary N) is 1. The van der Waals surface area contributed by atoms with Crippen molar-refractivity contribution < 1.29 is 8.81 Å². The molecule has 0 bridgehead atoms. The highest BCUT2D eigenvalue weighted by Gasteiger charge is 2.12. The van der Waals surface area contributed by atoms with Gasteiger partial charge in [0.25, 0.3) is 0 Å². The second kappa shape index (κ2) is 4.71. The van der Waals surface area contributed by atoms with Gasteiger partial charge < -0.3 is 9.73 Å². The van der Waals surface area contributed by atoms with Crippen LogP contribution < -0.4 is 5.32 Å². The van der Waals surface area contributed by atoms with Gasteiger partial charge in [-0.3, -0.25) is 0 Å². The summed E-state index contributed by atoms with van der Waals surface area (Å²) in [5.74, 6) is -0.0866. The summed E-state index contributed by atoms with van der Waals surface area (Å²) in [6, 6.07) is 4.83. The number of rotatable bonds is 3. The van der Waals surface area contributed by atoms with Crippen molar-refractivity contribution in [2.45, 2.75) is 19.2 Å². The first kappa shape index (κ1) is 11.9. The average Bonchev–Trinajstić information content (AvgIpc) is 2.72. The maximum Gasteiger partial charge on any atom is 0.320 e. The molecule has 1 atom stereocenters. The highest BCUT2D eigenvalue weighted by atomic mass is 35.5. The first-order valence-electron chi connectivity index (χ1n) is 5.07. The Bertz CT molecular complexity index is 527. The average molecular weight is 256 g/mol. The lowest BCUT2D eigenvalue weighted by Gasteiger charge is -2.03. The molecule has 6 heteroatoms. The third-order valence-electron chi connectivity index (χ3n) is 2.14. The van der Waals surface area contributed by atoms with Gasteiger partial charge >= 0.3 is 6.01 Å². The SMILES string of the molecule is Cc1ccc(F)c(Nc2nnc(C(C)Cl)o2)c1. The second-order valence-electron chi connectivity index (χ2n) is 3.67. The fraction of sp³-hybridized carbons (Fsp3) is 0.273. The van der Waals surface area contributed by atoms with Crippen LogP contribution in [0.1, 0.15) is 23.8 Å². The van der Waals surface area contributed by atoms with Crippen molar-refractivity contribution in [2.75, 3.05) is 5.32 Å². The lowest BCUT2D eigenvalue weighted by molar-refractivity contribution is 0.509. The molecule has 1 heterocycles. The van der Waals surface area contributed by atoms with E-state index in [1.165, 1.54) is 6.07 Å². The molecule has 4 nitrogen and oxygen atoms in total. The molecule has 17 heavy (non-hydrogen) atoms. The summed E-state index contributed by atoms with van der Waals surface area (Å²) >= 11 is 5.78. The minimum Gasteiger partial charge on any atom is -0.406 e. The van der Waals surface area contributed by atoms with E-state index >= 15 is 0 Å². The smallest absolute Gasteiger partial charge is 0.320 e. The Morgan fingerprint density at radius 2 is 2.18 bits per heavy atom. The molecule has 0 aliphatic heterocycles. The Morgan fingerprint density at radius 3 is 2.82 bits per heavy atom. The van der Waals surface area contributed by atoms with Crippen molar-refractivity contribution in [2.24, 2.45) is 0 Å². The van der Waals surface area contributed by atoms with Crippen LogP contribution in [-0.4, -0.2) is 10.2 Å². The van der Waals surface area contributed by atoms with Crippen LogP contribution in [0, 0.1) is 12.7 Å². The van der Waals surface area contributed by atoms with Gasteiger partial charge in [0.1, 0.15) is 11.2 Å². The monoisotopic (exact) mass is 255 g/mol. The minimum atomic E-state index is -0.380. The molecule has 1 unspecified atom stereocenters. The molecule has 0 radical (unpaired) electrons. The summed E-state index contributed by atoms with van der Waals surface area (Å²) in [6.45, 7) is 3.58. The minimum absolute atomic E-state index is 0.122. The topological polar surface area (TPSA) is 51.0 Å². The number of benzene rings is 1. The first-order chi connectivity index (χ1) is 8.06. The van der Waals surface area contributed by atoms with Gasteiger partial charge in [0, 0.05) is 0 Å². The van der Waals surface area contributed by atoms with Gasteiger partial charge in [-0.15, -0.1) is 16.7 Å². The number of halogens is 2. The lowest BCUT2D eigenvalue weighted by atomic mass is 10.2. The summed E-state index contributed by atoms with van der Waals surface area (Å²) < 4.78 is 18.7. The molecule has 1 aromatic carbocycles. The molecule has 0 spiro atoms. The molecule has 90 valence electrons. The predicted molar refractivity (Wildman–Crippen MR) is 63.0 cm³/mol. The van der Waals surface area contributed by atoms with Crippen molar-refractivity contribution in [1.29, 1.82) is 0 Å². The maximum atomic E-state index is 13.4. The Hall–Kier alpha value is -1.62. The number of aryl methyl sites for hydroxylation is 1. The zero-order chi connectivity index (χ0) is 12.4. The van der Waals surface area contributed by atoms with Gasteiger partial charge in [0.2, 0.25) is 5.89 Å². The third kappa shape index (κ3) is 2.74. The van der Waals surface area contributed by atoms with Gasteiger partial charge in [0.05, 0.1) is 5.69 Å². The Kier molecular flexibility index (Phi) is 3.28. The molecule has 2 rings (SSSR count). The van der Waals surface area contributed by atoms with E-state index in [1.807, 2.05) is 6.92 Å². The zero-order valence-corrected chi connectivity index (χ0v) is 10.1. The van der Waals surface area contributed by atoms with Crippen molar-refractivity contribution >= 4 is 23.3 Å². The van der Waals surface area contributed by atoms with E-state index < -0.39 is 0 Å². The molecular formula is C11H11ClFN3O. The van der Waals surface area contributed by atoms with E-state index in [-0.39, 0.29) is 17.2 Å². The molecule has 0 aliphatic carbocycles. The van der Waals surface area contributed by atoms with Gasteiger partial charge in [-0.05, 0) is 31.5 Å². The van der Waals surface area contributed by atoms with Crippen molar-refractivity contribution in [3.05, 3.63) is 35.5 Å². The number of hydrogen-bond donors (Lipinski definition) is 1. The number of anilines is 2. The summed E-state index contributed by atoms with van der Waals surface area (Å²) in [5, 5.41) is 9.79. The van der Waals surface area contributed by atoms with E-state index in [2.05, 4.69) is 15.5 Å². The molecule has 1 aromatic heterocycles. The van der Waals surface area contributed by atoms with E-state index in [0.717, 1.165) is 5.56 Å². The maximum absolute atomic E-state index is 13.4. The number of aromatic nitrogens is 2. The molecule has 2 aromatic rings. The molecule has 0 saturated heterocycles. The van der Waals surface area contributed by atoms with E-state index in [1.54, 1.807) is 19.1 Å². The Labute approximate surface area is 103 Å². The normalized spacial score (nSPS) is 12.5. The standard InChI is InChI=1S/C11H11ClFN3O/c1-6-3-4-8(13)9(5-6)14-11-16-15-10(17-11)7(2)12/h3-5,7H,1-2H3,(H,14,16). The Balaban J connectivity index is 2.22. The fourth-order valence-corrected chi connectivity index (χ4v) is 1.38. The van der Waals surface area contributed by atoms with Crippen LogP contribution in [0.5, 0.6) is 0 Å². The van der Waals surface area contributed by atoms with E-state index in [4.69, 9.17) is 16.0 Å². The largest absolute Gasteiger partial charge is 0.406 e. The highest BCUT2D eigenvalue weighted by Crippen LogP contribution is 2.23. The van der Waals surface area contributed by atoms with Crippen LogP contribution in [-0.2, 0) is 0 Å². The molecule has 1 N–H and O–H groups in total. The number of nitrogens with zero attached hydrogens (tertiary/aromatic N) is 2. The third-order valence-corrected chi connectivity index (χ3v) is 2.33. The molecular weight excluding hydrogens is 245 g/mol. The van der Waals surface area contributed by atoms with Gasteiger partial charge in [-0.1, -0.05) is 11.2 Å². The second-order valence-corrected chi connectivity index (χ2v) is 4.32. The summed E-state index contributed by atoms with van der Waals surface area (Å²) in [4.78, 5) is 0. The van der Waals surface area contributed by atoms with Crippen molar-refractivity contribution in [3.8, 4) is 0 Å². The predicted octanol–water partition coefficient (Wildman–Crippen LogP) is 3.56. The van der Waals surface area contributed by atoms with Crippen molar-refractivity contribution in [1.82, 2.24) is 10.2 Å². The van der Waals surface area contributed by atoms with Gasteiger partial charge in [-0.25, -0.2) is 4.39 Å². The fourth-order valence-electron chi connectivity index (χ4n) is 1.30. The molecule has 0 fully saturated rings. The summed E-state index contributed by atoms with van der Waals surface area (Å²) in [5.41, 5.74) is 1.22. The van der Waals surface area contributed by atoms with Crippen LogP contribution in [0.25, 0.3) is 0 Å². The summed E-state index contributed by atoms with van der Waals surface area (Å²) in [7, 11) is 0. The van der Waals surface area contributed by atoms with Crippen LogP contribution in [0.4, 0.5) is 16.1 Å². The molecule has 0 aliphatic rings. The first-order valence-corrected chi connectivity index (χ1v) is 5.50. The van der Waals surface area contributed by atoms with Crippen molar-refractivity contribution in [3.63, 3.8) is 0 Å². The van der Waals surface area contributed by atoms with Crippen LogP contribution >= 0.6 is 11.6 Å². The number of alkyl halides is 1. The Morgan fingerprint density at radius 1 is 1.41 bits per heavy atom. The van der Waals surface area contributed by atoms with E-state index in [0.29, 0.717) is 11.6 Å². The molecule has 0 saturated carbocycles. The number of hydrogen-bond acceptors (Lipinski definition) is 4. The highest BCUT2D eigenvalue weighted by molar-refractivity contribution is 6.20. The van der Waals surface area contributed by atoms with Crippen LogP contribution in [0.15, 0.2) is 22.6 Å². The summed E-state index contributed by atoms with van der Waals surface area (Å²) in [6.07, 6.45) is 0. The lowest BCUT2D eigenvalue weighted by Crippen LogP contribution is -1.94. The zero-order valence-electron chi connectivity index (χ0n) is 9.37. The van der Waals surface area contributed by atoms with Crippen LogP contribution in [0.3, 0.4) is 0 Å². The van der Waals surface area contributed by atoms with E-state index in [9.17, 15) is 4.39 Å². The van der Waals surface area contributed by atoms with Gasteiger partial charge in [-0.2, -0.15) is 0 Å². The molecule has 0 amide bonds.